The third kappa shape index (κ3) is 2.31. The summed E-state index contributed by atoms with van der Waals surface area (Å²) in [5.41, 5.74) is 0.723. The van der Waals surface area contributed by atoms with Crippen molar-refractivity contribution in [2.24, 2.45) is 0 Å². The number of benzene rings is 1. The maximum Gasteiger partial charge on any atom is 0.262 e. The normalized spacial score (nSPS) is 16.9. The minimum atomic E-state index is -0.809. The highest BCUT2D eigenvalue weighted by Crippen LogP contribution is 2.24. The number of nitrogens with one attached hydrogen (secondary N) is 1. The summed E-state index contributed by atoms with van der Waals surface area (Å²) in [7, 11) is 0. The molecule has 5 heteroatoms. The third-order valence-electron chi connectivity index (χ3n) is 3.59. The van der Waals surface area contributed by atoms with Gasteiger partial charge in [-0.05, 0) is 32.4 Å². The van der Waals surface area contributed by atoms with Gasteiger partial charge < -0.3 is 5.32 Å². The Morgan fingerprint density at radius 3 is 2.10 bits per heavy atom. The van der Waals surface area contributed by atoms with Crippen molar-refractivity contribution in [3.8, 4) is 0 Å². The largest absolute Gasteiger partial charge is 0.352 e. The highest BCUT2D eigenvalue weighted by Gasteiger charge is 2.40. The molecule has 5 nitrogen and oxygen atoms in total. The number of rotatable bonds is 4. The highest BCUT2D eigenvalue weighted by molar-refractivity contribution is 6.22. The van der Waals surface area contributed by atoms with Crippen LogP contribution in [0.3, 0.4) is 0 Å². The minimum Gasteiger partial charge on any atom is -0.352 e. The van der Waals surface area contributed by atoms with Crippen molar-refractivity contribution in [3.63, 3.8) is 0 Å². The van der Waals surface area contributed by atoms with Crippen molar-refractivity contribution in [1.29, 1.82) is 0 Å². The molecule has 0 saturated heterocycles. The van der Waals surface area contributed by atoms with Crippen LogP contribution in [0.5, 0.6) is 0 Å². The van der Waals surface area contributed by atoms with Gasteiger partial charge in [-0.2, -0.15) is 0 Å². The maximum atomic E-state index is 12.2. The van der Waals surface area contributed by atoms with Gasteiger partial charge in [-0.25, -0.2) is 0 Å². The summed E-state index contributed by atoms with van der Waals surface area (Å²) >= 11 is 0. The van der Waals surface area contributed by atoms with Crippen LogP contribution in [0.25, 0.3) is 0 Å². The van der Waals surface area contributed by atoms with E-state index < -0.39 is 17.9 Å². The molecule has 0 fully saturated rings. The summed E-state index contributed by atoms with van der Waals surface area (Å²) in [6.07, 6.45) is 0.792. The quantitative estimate of drug-likeness (QED) is 0.848. The molecule has 2 atom stereocenters. The zero-order chi connectivity index (χ0) is 14.9. The molecule has 0 spiro atoms. The summed E-state index contributed by atoms with van der Waals surface area (Å²) < 4.78 is 0. The molecular weight excluding hydrogens is 256 g/mol. The molecule has 1 aliphatic rings. The molecule has 1 heterocycles. The van der Waals surface area contributed by atoms with Crippen LogP contribution < -0.4 is 5.32 Å². The molecule has 0 radical (unpaired) electrons. The van der Waals surface area contributed by atoms with E-state index in [1.165, 1.54) is 0 Å². The fraction of sp³-hybridized carbons (Fsp3) is 0.400. The first-order chi connectivity index (χ1) is 9.47. The van der Waals surface area contributed by atoms with Crippen LogP contribution in [-0.2, 0) is 4.79 Å². The number of nitrogens with zero attached hydrogens (tertiary/aromatic N) is 1. The van der Waals surface area contributed by atoms with Gasteiger partial charge in [0.1, 0.15) is 6.04 Å². The summed E-state index contributed by atoms with van der Waals surface area (Å²) in [6.45, 7) is 5.41. The number of carbonyl (C=O) groups excluding carboxylic acids is 3. The van der Waals surface area contributed by atoms with Crippen LogP contribution in [0.15, 0.2) is 24.3 Å². The smallest absolute Gasteiger partial charge is 0.262 e. The SMILES string of the molecule is CCC(C)NC(=O)C(C)N1C(=O)c2ccccc2C1=O. The van der Waals surface area contributed by atoms with E-state index in [1.54, 1.807) is 31.2 Å². The van der Waals surface area contributed by atoms with E-state index in [2.05, 4.69) is 5.32 Å². The van der Waals surface area contributed by atoms with Gasteiger partial charge in [0, 0.05) is 6.04 Å². The Kier molecular flexibility index (Phi) is 3.88. The molecule has 1 aliphatic heterocycles. The number of imide groups is 1. The molecule has 1 aromatic rings. The lowest BCUT2D eigenvalue weighted by molar-refractivity contribution is -0.125. The Balaban J connectivity index is 2.21. The Hall–Kier alpha value is -2.17. The van der Waals surface area contributed by atoms with Crippen LogP contribution in [0.2, 0.25) is 0 Å². The van der Waals surface area contributed by atoms with Crippen molar-refractivity contribution in [2.45, 2.75) is 39.3 Å². The van der Waals surface area contributed by atoms with E-state index in [1.807, 2.05) is 13.8 Å². The minimum absolute atomic E-state index is 0.0140. The van der Waals surface area contributed by atoms with Gasteiger partial charge in [-0.3, -0.25) is 19.3 Å². The molecule has 2 rings (SSSR count). The second kappa shape index (κ2) is 5.45. The average Bonchev–Trinajstić information content (AvgIpc) is 2.70. The summed E-state index contributed by atoms with van der Waals surface area (Å²) in [5, 5.41) is 2.79. The number of carbonyl (C=O) groups is 3. The molecule has 0 saturated carbocycles. The van der Waals surface area contributed by atoms with Crippen LogP contribution in [0.4, 0.5) is 0 Å². The van der Waals surface area contributed by atoms with E-state index in [-0.39, 0.29) is 11.9 Å². The standard InChI is InChI=1S/C15H18N2O3/c1-4-9(2)16-13(18)10(3)17-14(19)11-7-5-6-8-12(11)15(17)20/h5-10H,4H2,1-3H3,(H,16,18). The van der Waals surface area contributed by atoms with Crippen LogP contribution in [-0.4, -0.2) is 34.7 Å². The topological polar surface area (TPSA) is 66.5 Å². The number of amides is 3. The van der Waals surface area contributed by atoms with Gasteiger partial charge in [0.25, 0.3) is 11.8 Å². The first kappa shape index (κ1) is 14.2. The van der Waals surface area contributed by atoms with Crippen molar-refractivity contribution in [2.75, 3.05) is 0 Å². The Bertz CT molecular complexity index is 533. The van der Waals surface area contributed by atoms with Gasteiger partial charge in [0.2, 0.25) is 5.91 Å². The van der Waals surface area contributed by atoms with E-state index in [0.717, 1.165) is 11.3 Å². The second-order valence-electron chi connectivity index (χ2n) is 5.02. The van der Waals surface area contributed by atoms with E-state index >= 15 is 0 Å². The maximum absolute atomic E-state index is 12.2. The Morgan fingerprint density at radius 1 is 1.15 bits per heavy atom. The van der Waals surface area contributed by atoms with Crippen molar-refractivity contribution < 1.29 is 14.4 Å². The molecule has 1 aromatic carbocycles. The third-order valence-corrected chi connectivity index (χ3v) is 3.59. The van der Waals surface area contributed by atoms with Crippen molar-refractivity contribution in [3.05, 3.63) is 35.4 Å². The lowest BCUT2D eigenvalue weighted by Crippen LogP contribution is -2.49. The zero-order valence-corrected chi connectivity index (χ0v) is 11.8. The predicted octanol–water partition coefficient (Wildman–Crippen LogP) is 1.59. The van der Waals surface area contributed by atoms with Gasteiger partial charge >= 0.3 is 0 Å². The number of hydrogen-bond acceptors (Lipinski definition) is 3. The summed E-state index contributed by atoms with van der Waals surface area (Å²) in [4.78, 5) is 37.6. The molecule has 1 N–H and O–H groups in total. The summed E-state index contributed by atoms with van der Waals surface area (Å²) in [6, 6.07) is 5.83. The summed E-state index contributed by atoms with van der Waals surface area (Å²) in [5.74, 6) is -1.12. The first-order valence-electron chi connectivity index (χ1n) is 6.74. The second-order valence-corrected chi connectivity index (χ2v) is 5.02. The molecule has 3 amide bonds. The monoisotopic (exact) mass is 274 g/mol. The van der Waals surface area contributed by atoms with Crippen molar-refractivity contribution >= 4 is 17.7 Å². The van der Waals surface area contributed by atoms with Gasteiger partial charge in [0.15, 0.2) is 0 Å². The van der Waals surface area contributed by atoms with Gasteiger partial charge in [-0.1, -0.05) is 19.1 Å². The van der Waals surface area contributed by atoms with E-state index in [4.69, 9.17) is 0 Å². The van der Waals surface area contributed by atoms with Crippen LogP contribution in [0, 0.1) is 0 Å². The van der Waals surface area contributed by atoms with E-state index in [0.29, 0.717) is 11.1 Å². The average molecular weight is 274 g/mol. The molecular formula is C15H18N2O3. The Labute approximate surface area is 118 Å². The molecule has 2 unspecified atom stereocenters. The van der Waals surface area contributed by atoms with Crippen LogP contribution >= 0.6 is 0 Å². The van der Waals surface area contributed by atoms with E-state index in [9.17, 15) is 14.4 Å². The number of fused-ring (bicyclic) bond motifs is 1. The Morgan fingerprint density at radius 2 is 1.65 bits per heavy atom. The fourth-order valence-electron chi connectivity index (χ4n) is 2.14. The molecule has 0 aromatic heterocycles. The first-order valence-corrected chi connectivity index (χ1v) is 6.74. The number of hydrogen-bond donors (Lipinski definition) is 1. The molecule has 106 valence electrons. The van der Waals surface area contributed by atoms with Crippen molar-refractivity contribution in [1.82, 2.24) is 10.2 Å². The highest BCUT2D eigenvalue weighted by atomic mass is 16.2. The predicted molar refractivity (Wildman–Crippen MR) is 74.3 cm³/mol. The van der Waals surface area contributed by atoms with Crippen LogP contribution in [0.1, 0.15) is 47.9 Å². The lowest BCUT2D eigenvalue weighted by atomic mass is 10.1. The zero-order valence-electron chi connectivity index (χ0n) is 11.8. The molecule has 0 bridgehead atoms. The van der Waals surface area contributed by atoms with Gasteiger partial charge in [-0.15, -0.1) is 0 Å². The fourth-order valence-corrected chi connectivity index (χ4v) is 2.14. The lowest BCUT2D eigenvalue weighted by Gasteiger charge is -2.23. The van der Waals surface area contributed by atoms with Gasteiger partial charge in [0.05, 0.1) is 11.1 Å². The molecule has 0 aliphatic carbocycles. The molecule has 20 heavy (non-hydrogen) atoms.